The molecule has 1 saturated heterocycles. The van der Waals surface area contributed by atoms with Crippen LogP contribution in [0.15, 0.2) is 42.7 Å². The minimum absolute atomic E-state index is 0.0894. The molecule has 0 aliphatic carbocycles. The summed E-state index contributed by atoms with van der Waals surface area (Å²) < 4.78 is 1.88. The number of carbonyl (C=O) groups excluding carboxylic acids is 1. The summed E-state index contributed by atoms with van der Waals surface area (Å²) in [7, 11) is 0. The Labute approximate surface area is 146 Å². The van der Waals surface area contributed by atoms with Gasteiger partial charge in [-0.3, -0.25) is 9.48 Å². The van der Waals surface area contributed by atoms with E-state index in [0.717, 1.165) is 48.1 Å². The first kappa shape index (κ1) is 15.9. The summed E-state index contributed by atoms with van der Waals surface area (Å²) in [6.07, 6.45) is 5.50. The van der Waals surface area contributed by atoms with E-state index >= 15 is 0 Å². The molecule has 1 aliphatic rings. The molecule has 4 rings (SSSR count). The largest absolute Gasteiger partial charge is 0.394 e. The molecule has 1 aliphatic heterocycles. The first-order chi connectivity index (χ1) is 12.3. The number of piperidine rings is 1. The van der Waals surface area contributed by atoms with Gasteiger partial charge in [-0.15, -0.1) is 0 Å². The Balaban J connectivity index is 1.47. The molecular weight excluding hydrogens is 316 g/mol. The number of hydrogen-bond acceptors (Lipinski definition) is 3. The summed E-state index contributed by atoms with van der Waals surface area (Å²) in [5.74, 6) is 0.481. The molecule has 1 aromatic carbocycles. The van der Waals surface area contributed by atoms with Crippen molar-refractivity contribution >= 4 is 16.8 Å². The molecule has 0 bridgehead atoms. The van der Waals surface area contributed by atoms with E-state index in [1.54, 1.807) is 6.20 Å². The number of nitrogens with one attached hydrogen (secondary N) is 1. The van der Waals surface area contributed by atoms with Crippen LogP contribution in [-0.4, -0.2) is 50.4 Å². The van der Waals surface area contributed by atoms with Gasteiger partial charge in [-0.2, -0.15) is 5.10 Å². The Morgan fingerprint density at radius 2 is 2.08 bits per heavy atom. The van der Waals surface area contributed by atoms with E-state index in [1.165, 1.54) is 0 Å². The van der Waals surface area contributed by atoms with Crippen LogP contribution in [0.25, 0.3) is 10.9 Å². The molecule has 2 aromatic heterocycles. The van der Waals surface area contributed by atoms with Crippen LogP contribution >= 0.6 is 0 Å². The van der Waals surface area contributed by atoms with Crippen molar-refractivity contribution in [3.8, 4) is 0 Å². The van der Waals surface area contributed by atoms with Crippen LogP contribution in [-0.2, 0) is 6.54 Å². The third kappa shape index (κ3) is 2.93. The molecule has 0 unspecified atom stereocenters. The predicted octanol–water partition coefficient (Wildman–Crippen LogP) is 2.38. The number of aliphatic hydroxyl groups excluding tert-OH is 1. The molecule has 0 radical (unpaired) electrons. The van der Waals surface area contributed by atoms with Crippen LogP contribution in [0.2, 0.25) is 0 Å². The average molecular weight is 338 g/mol. The number of nitrogens with zero attached hydrogens (tertiary/aromatic N) is 3. The number of aromatic amines is 1. The lowest BCUT2D eigenvalue weighted by Gasteiger charge is -2.32. The van der Waals surface area contributed by atoms with Crippen LogP contribution in [0.1, 0.15) is 34.8 Å². The summed E-state index contributed by atoms with van der Waals surface area (Å²) in [5.41, 5.74) is 2.81. The van der Waals surface area contributed by atoms with Gasteiger partial charge >= 0.3 is 0 Å². The van der Waals surface area contributed by atoms with E-state index in [-0.39, 0.29) is 12.5 Å². The Hall–Kier alpha value is -2.60. The summed E-state index contributed by atoms with van der Waals surface area (Å²) in [6, 6.07) is 9.85. The molecule has 1 amide bonds. The van der Waals surface area contributed by atoms with Gasteiger partial charge in [0.1, 0.15) is 0 Å². The molecular formula is C19H22N4O2. The number of aliphatic hydroxyl groups is 1. The smallest absolute Gasteiger partial charge is 0.255 e. The van der Waals surface area contributed by atoms with Crippen LogP contribution in [0.3, 0.4) is 0 Å². The SMILES string of the molecule is O=C(c1cccc2cc[nH]c12)N1CCC(c2ccnn2CCO)CC1. The van der Waals surface area contributed by atoms with Crippen LogP contribution < -0.4 is 0 Å². The van der Waals surface area contributed by atoms with Crippen LogP contribution in [0.4, 0.5) is 0 Å². The molecule has 6 nitrogen and oxygen atoms in total. The van der Waals surface area contributed by atoms with Crippen molar-refractivity contribution in [2.24, 2.45) is 0 Å². The quantitative estimate of drug-likeness (QED) is 0.767. The lowest BCUT2D eigenvalue weighted by molar-refractivity contribution is 0.0712. The Morgan fingerprint density at radius 3 is 2.88 bits per heavy atom. The van der Waals surface area contributed by atoms with E-state index in [4.69, 9.17) is 5.11 Å². The fourth-order valence-electron chi connectivity index (χ4n) is 3.78. The fourth-order valence-corrected chi connectivity index (χ4v) is 3.78. The number of para-hydroxylation sites is 1. The predicted molar refractivity (Wildman–Crippen MR) is 95.5 cm³/mol. The maximum Gasteiger partial charge on any atom is 0.255 e. The van der Waals surface area contributed by atoms with Crippen molar-refractivity contribution in [1.82, 2.24) is 19.7 Å². The van der Waals surface area contributed by atoms with Gasteiger partial charge in [0.2, 0.25) is 0 Å². The molecule has 0 atom stereocenters. The number of likely N-dealkylation sites (tertiary alicyclic amines) is 1. The molecule has 3 heterocycles. The number of carbonyl (C=O) groups is 1. The Kier molecular flexibility index (Phi) is 4.28. The number of amides is 1. The first-order valence-electron chi connectivity index (χ1n) is 8.76. The van der Waals surface area contributed by atoms with Crippen molar-refractivity contribution in [2.45, 2.75) is 25.3 Å². The summed E-state index contributed by atoms with van der Waals surface area (Å²) in [6.45, 7) is 2.10. The van der Waals surface area contributed by atoms with Crippen LogP contribution in [0, 0.1) is 0 Å². The summed E-state index contributed by atoms with van der Waals surface area (Å²) in [5, 5.41) is 14.5. The zero-order valence-corrected chi connectivity index (χ0v) is 14.1. The summed E-state index contributed by atoms with van der Waals surface area (Å²) >= 11 is 0. The molecule has 1 fully saturated rings. The molecule has 6 heteroatoms. The van der Waals surface area contributed by atoms with Crippen molar-refractivity contribution in [3.63, 3.8) is 0 Å². The first-order valence-corrected chi connectivity index (χ1v) is 8.76. The average Bonchev–Trinajstić information content (AvgIpc) is 3.30. The van der Waals surface area contributed by atoms with Gasteiger partial charge in [-0.25, -0.2) is 0 Å². The highest BCUT2D eigenvalue weighted by Crippen LogP contribution is 2.29. The zero-order chi connectivity index (χ0) is 17.2. The summed E-state index contributed by atoms with van der Waals surface area (Å²) in [4.78, 5) is 18.1. The lowest BCUT2D eigenvalue weighted by Crippen LogP contribution is -2.38. The Bertz CT molecular complexity index is 874. The number of aromatic nitrogens is 3. The Morgan fingerprint density at radius 1 is 1.24 bits per heavy atom. The number of rotatable bonds is 4. The molecule has 2 N–H and O–H groups in total. The van der Waals surface area contributed by atoms with Gasteiger partial charge in [0.15, 0.2) is 0 Å². The highest BCUT2D eigenvalue weighted by molar-refractivity contribution is 6.05. The van der Waals surface area contributed by atoms with Crippen molar-refractivity contribution < 1.29 is 9.90 Å². The normalized spacial score (nSPS) is 15.8. The number of fused-ring (bicyclic) bond motifs is 1. The maximum atomic E-state index is 12.9. The van der Waals surface area contributed by atoms with Crippen molar-refractivity contribution in [1.29, 1.82) is 0 Å². The maximum absolute atomic E-state index is 12.9. The van der Waals surface area contributed by atoms with E-state index in [1.807, 2.05) is 46.1 Å². The topological polar surface area (TPSA) is 74.2 Å². The second-order valence-corrected chi connectivity index (χ2v) is 6.52. The minimum atomic E-state index is 0.0894. The van der Waals surface area contributed by atoms with Crippen molar-refractivity contribution in [3.05, 3.63) is 54.0 Å². The van der Waals surface area contributed by atoms with Crippen LogP contribution in [0.5, 0.6) is 0 Å². The second kappa shape index (κ2) is 6.72. The monoisotopic (exact) mass is 338 g/mol. The third-order valence-electron chi connectivity index (χ3n) is 5.08. The van der Waals surface area contributed by atoms with Gasteiger partial charge in [-0.05, 0) is 31.0 Å². The van der Waals surface area contributed by atoms with Gasteiger partial charge in [0.25, 0.3) is 5.91 Å². The molecule has 130 valence electrons. The fraction of sp³-hybridized carbons (Fsp3) is 0.368. The van der Waals surface area contributed by atoms with Gasteiger partial charge in [-0.1, -0.05) is 12.1 Å². The van der Waals surface area contributed by atoms with E-state index in [9.17, 15) is 4.79 Å². The van der Waals surface area contributed by atoms with E-state index in [2.05, 4.69) is 10.1 Å². The highest BCUT2D eigenvalue weighted by atomic mass is 16.3. The third-order valence-corrected chi connectivity index (χ3v) is 5.08. The molecule has 0 spiro atoms. The molecule has 25 heavy (non-hydrogen) atoms. The number of hydrogen-bond donors (Lipinski definition) is 2. The molecule has 0 saturated carbocycles. The molecule has 3 aromatic rings. The van der Waals surface area contributed by atoms with E-state index < -0.39 is 0 Å². The standard InChI is InChI=1S/C19H22N4O2/c24-13-12-23-17(5-9-21-23)14-6-10-22(11-7-14)19(25)16-3-1-2-15-4-8-20-18(15)16/h1-5,8-9,14,20,24H,6-7,10-13H2. The van der Waals surface area contributed by atoms with Gasteiger partial charge < -0.3 is 15.0 Å². The van der Waals surface area contributed by atoms with Crippen molar-refractivity contribution in [2.75, 3.05) is 19.7 Å². The minimum Gasteiger partial charge on any atom is -0.394 e. The number of H-pyrrole nitrogens is 1. The van der Waals surface area contributed by atoms with E-state index in [0.29, 0.717) is 12.5 Å². The number of benzene rings is 1. The second-order valence-electron chi connectivity index (χ2n) is 6.52. The van der Waals surface area contributed by atoms with Gasteiger partial charge in [0.05, 0.1) is 24.2 Å². The van der Waals surface area contributed by atoms with Gasteiger partial charge in [0, 0.05) is 42.5 Å². The lowest BCUT2D eigenvalue weighted by atomic mass is 9.93. The zero-order valence-electron chi connectivity index (χ0n) is 14.1. The highest BCUT2D eigenvalue weighted by Gasteiger charge is 2.27.